The Morgan fingerprint density at radius 2 is 1.94 bits per heavy atom. The van der Waals surface area contributed by atoms with Gasteiger partial charge in [0.25, 0.3) is 0 Å². The first kappa shape index (κ1) is 13.1. The van der Waals surface area contributed by atoms with E-state index in [1.807, 2.05) is 13.8 Å². The number of rotatable bonds is 1. The average Bonchev–Trinajstić information content (AvgIpc) is 2.19. The Morgan fingerprint density at radius 3 is 2.53 bits per heavy atom. The van der Waals surface area contributed by atoms with Crippen molar-refractivity contribution in [2.45, 2.75) is 65.4 Å². The average molecular weight is 238 g/mol. The summed E-state index contributed by atoms with van der Waals surface area (Å²) in [6.07, 6.45) is 4.94. The number of aliphatic hydroxyl groups is 1. The van der Waals surface area contributed by atoms with Crippen LogP contribution in [0.25, 0.3) is 0 Å². The molecule has 2 fully saturated rings. The summed E-state index contributed by atoms with van der Waals surface area (Å²) in [5.41, 5.74) is -0.662. The summed E-state index contributed by atoms with van der Waals surface area (Å²) in [7, 11) is 0. The van der Waals surface area contributed by atoms with Crippen molar-refractivity contribution >= 4 is 5.78 Å². The zero-order chi connectivity index (χ0) is 12.8. The highest BCUT2D eigenvalue weighted by molar-refractivity contribution is 5.83. The number of carbonyl (C=O) groups excluding carboxylic acids is 1. The van der Waals surface area contributed by atoms with Crippen molar-refractivity contribution in [1.29, 1.82) is 0 Å². The molecule has 2 heteroatoms. The lowest BCUT2D eigenvalue weighted by Gasteiger charge is -2.56. The van der Waals surface area contributed by atoms with Crippen LogP contribution in [0.15, 0.2) is 0 Å². The molecule has 4 unspecified atom stereocenters. The highest BCUT2D eigenvalue weighted by Crippen LogP contribution is 2.57. The van der Waals surface area contributed by atoms with Gasteiger partial charge in [0.15, 0.2) is 0 Å². The third-order valence-corrected chi connectivity index (χ3v) is 5.61. The van der Waals surface area contributed by atoms with Crippen LogP contribution in [0.5, 0.6) is 0 Å². The van der Waals surface area contributed by atoms with Crippen molar-refractivity contribution in [1.82, 2.24) is 0 Å². The van der Waals surface area contributed by atoms with E-state index in [2.05, 4.69) is 13.8 Å². The van der Waals surface area contributed by atoms with Gasteiger partial charge in [-0.25, -0.2) is 0 Å². The van der Waals surface area contributed by atoms with Gasteiger partial charge in [0.1, 0.15) is 5.78 Å². The highest BCUT2D eigenvalue weighted by Gasteiger charge is 2.55. The van der Waals surface area contributed by atoms with E-state index in [-0.39, 0.29) is 17.3 Å². The van der Waals surface area contributed by atoms with Gasteiger partial charge in [-0.2, -0.15) is 0 Å². The summed E-state index contributed by atoms with van der Waals surface area (Å²) in [4.78, 5) is 12.2. The summed E-state index contributed by atoms with van der Waals surface area (Å²) in [6, 6.07) is 0. The molecule has 17 heavy (non-hydrogen) atoms. The number of fused-ring (bicyclic) bond motifs is 1. The van der Waals surface area contributed by atoms with E-state index in [1.54, 1.807) is 0 Å². The molecule has 0 aromatic carbocycles. The van der Waals surface area contributed by atoms with Gasteiger partial charge in [-0.15, -0.1) is 0 Å². The van der Waals surface area contributed by atoms with Gasteiger partial charge in [-0.3, -0.25) is 4.79 Å². The summed E-state index contributed by atoms with van der Waals surface area (Å²) >= 11 is 0. The zero-order valence-corrected chi connectivity index (χ0v) is 11.6. The van der Waals surface area contributed by atoms with Crippen LogP contribution < -0.4 is 0 Å². The van der Waals surface area contributed by atoms with Crippen LogP contribution in [-0.2, 0) is 4.79 Å². The Labute approximate surface area is 105 Å². The van der Waals surface area contributed by atoms with Crippen molar-refractivity contribution in [2.24, 2.45) is 23.2 Å². The predicted octanol–water partition coefficient (Wildman–Crippen LogP) is 3.18. The van der Waals surface area contributed by atoms with Gasteiger partial charge in [0.05, 0.1) is 5.60 Å². The van der Waals surface area contributed by atoms with Crippen LogP contribution in [0.3, 0.4) is 0 Å². The molecule has 98 valence electrons. The molecule has 2 aliphatic rings. The maximum Gasteiger partial charge on any atom is 0.136 e. The molecule has 0 amide bonds. The topological polar surface area (TPSA) is 37.3 Å². The van der Waals surface area contributed by atoms with Crippen LogP contribution in [0.4, 0.5) is 0 Å². The third-order valence-electron chi connectivity index (χ3n) is 5.61. The van der Waals surface area contributed by atoms with Crippen LogP contribution in [0.1, 0.15) is 59.8 Å². The van der Waals surface area contributed by atoms with Crippen molar-refractivity contribution in [2.75, 3.05) is 0 Å². The summed E-state index contributed by atoms with van der Waals surface area (Å²) < 4.78 is 0. The molecule has 0 radical (unpaired) electrons. The lowest BCUT2D eigenvalue weighted by atomic mass is 9.48. The zero-order valence-electron chi connectivity index (χ0n) is 11.6. The smallest absolute Gasteiger partial charge is 0.136 e. The van der Waals surface area contributed by atoms with Gasteiger partial charge in [-0.05, 0) is 43.9 Å². The van der Waals surface area contributed by atoms with E-state index in [0.717, 1.165) is 12.8 Å². The highest BCUT2D eigenvalue weighted by atomic mass is 16.3. The molecular weight excluding hydrogens is 212 g/mol. The fourth-order valence-corrected chi connectivity index (χ4v) is 4.57. The Kier molecular flexibility index (Phi) is 3.14. The van der Waals surface area contributed by atoms with Crippen LogP contribution in [0, 0.1) is 23.2 Å². The van der Waals surface area contributed by atoms with Crippen molar-refractivity contribution < 1.29 is 9.90 Å². The molecule has 2 rings (SSSR count). The van der Waals surface area contributed by atoms with Gasteiger partial charge >= 0.3 is 0 Å². The van der Waals surface area contributed by atoms with Crippen LogP contribution in [0.2, 0.25) is 0 Å². The second-order valence-corrected chi connectivity index (χ2v) is 6.96. The lowest BCUT2D eigenvalue weighted by molar-refractivity contribution is -0.157. The number of ketones is 1. The van der Waals surface area contributed by atoms with E-state index in [4.69, 9.17) is 0 Å². The van der Waals surface area contributed by atoms with Gasteiger partial charge in [0, 0.05) is 12.3 Å². The lowest BCUT2D eigenvalue weighted by Crippen LogP contribution is -2.56. The van der Waals surface area contributed by atoms with Crippen molar-refractivity contribution in [3.05, 3.63) is 0 Å². The minimum Gasteiger partial charge on any atom is -0.390 e. The van der Waals surface area contributed by atoms with E-state index in [9.17, 15) is 9.90 Å². The number of Topliss-reactive ketones (excluding diaryl/α,β-unsaturated/α-hetero) is 1. The predicted molar refractivity (Wildman–Crippen MR) is 68.6 cm³/mol. The first-order valence-electron chi connectivity index (χ1n) is 7.03. The first-order chi connectivity index (χ1) is 7.78. The van der Waals surface area contributed by atoms with Gasteiger partial charge in [-0.1, -0.05) is 26.7 Å². The van der Waals surface area contributed by atoms with Crippen molar-refractivity contribution in [3.63, 3.8) is 0 Å². The summed E-state index contributed by atoms with van der Waals surface area (Å²) in [6.45, 7) is 8.35. The van der Waals surface area contributed by atoms with Crippen LogP contribution >= 0.6 is 0 Å². The molecule has 0 saturated heterocycles. The molecule has 0 aromatic heterocycles. The normalized spacial score (nSPS) is 43.4. The number of hydrogen-bond acceptors (Lipinski definition) is 2. The molecule has 1 N–H and O–H groups in total. The largest absolute Gasteiger partial charge is 0.390 e. The monoisotopic (exact) mass is 238 g/mol. The molecule has 0 aromatic rings. The quantitative estimate of drug-likeness (QED) is 0.762. The van der Waals surface area contributed by atoms with Crippen LogP contribution in [-0.4, -0.2) is 16.5 Å². The van der Waals surface area contributed by atoms with Crippen molar-refractivity contribution in [3.8, 4) is 0 Å². The maximum absolute atomic E-state index is 12.2. The SMILES string of the molecule is CC1CCCC2C(=O)CCC(C(C)(C)O)C12C. The molecule has 4 atom stereocenters. The number of carbonyl (C=O) groups is 1. The summed E-state index contributed by atoms with van der Waals surface area (Å²) in [5.74, 6) is 1.44. The second-order valence-electron chi connectivity index (χ2n) is 6.96. The fourth-order valence-electron chi connectivity index (χ4n) is 4.57. The molecule has 0 spiro atoms. The van der Waals surface area contributed by atoms with E-state index in [0.29, 0.717) is 18.1 Å². The number of hydrogen-bond donors (Lipinski definition) is 1. The molecular formula is C15H26O2. The fraction of sp³-hybridized carbons (Fsp3) is 0.933. The molecule has 0 heterocycles. The summed E-state index contributed by atoms with van der Waals surface area (Å²) in [5, 5.41) is 10.4. The van der Waals surface area contributed by atoms with Gasteiger partial charge in [0.2, 0.25) is 0 Å². The van der Waals surface area contributed by atoms with E-state index >= 15 is 0 Å². The second kappa shape index (κ2) is 4.08. The minimum absolute atomic E-state index is 0.00579. The Hall–Kier alpha value is -0.370. The Morgan fingerprint density at radius 1 is 1.29 bits per heavy atom. The van der Waals surface area contributed by atoms with E-state index < -0.39 is 5.60 Å². The maximum atomic E-state index is 12.2. The minimum atomic E-state index is -0.667. The Bertz CT molecular complexity index is 315. The first-order valence-corrected chi connectivity index (χ1v) is 7.03. The Balaban J connectivity index is 2.39. The molecule has 2 nitrogen and oxygen atoms in total. The molecule has 0 aliphatic heterocycles. The molecule has 2 saturated carbocycles. The van der Waals surface area contributed by atoms with Gasteiger partial charge < -0.3 is 5.11 Å². The standard InChI is InChI=1S/C15H26O2/c1-10-6-5-7-11-12(16)8-9-13(14(2,3)17)15(10,11)4/h10-11,13,17H,5-9H2,1-4H3. The third kappa shape index (κ3) is 1.95. The van der Waals surface area contributed by atoms with E-state index in [1.165, 1.54) is 12.8 Å². The molecule has 2 aliphatic carbocycles. The molecule has 0 bridgehead atoms.